The summed E-state index contributed by atoms with van der Waals surface area (Å²) in [5.41, 5.74) is 1.17. The maximum absolute atomic E-state index is 4.66. The number of nitrogens with one attached hydrogen (secondary N) is 1. The Labute approximate surface area is 117 Å². The first-order valence-electron chi connectivity index (χ1n) is 7.59. The van der Waals surface area contributed by atoms with E-state index < -0.39 is 0 Å². The Morgan fingerprint density at radius 3 is 2.68 bits per heavy atom. The summed E-state index contributed by atoms with van der Waals surface area (Å²) in [5, 5.41) is 3.28. The predicted octanol–water partition coefficient (Wildman–Crippen LogP) is 3.52. The lowest BCUT2D eigenvalue weighted by molar-refractivity contribution is 0.162. The van der Waals surface area contributed by atoms with Crippen LogP contribution >= 0.6 is 0 Å². The largest absolute Gasteiger partial charge is 0.370 e. The van der Waals surface area contributed by atoms with Gasteiger partial charge in [-0.05, 0) is 57.7 Å². The summed E-state index contributed by atoms with van der Waals surface area (Å²) in [6.45, 7) is 6.35. The van der Waals surface area contributed by atoms with E-state index in [-0.39, 0.29) is 0 Å². The Morgan fingerprint density at radius 1 is 1.26 bits per heavy atom. The highest BCUT2D eigenvalue weighted by molar-refractivity contribution is 5.34. The first kappa shape index (κ1) is 14.3. The van der Waals surface area contributed by atoms with Gasteiger partial charge < -0.3 is 5.32 Å². The molecule has 19 heavy (non-hydrogen) atoms. The summed E-state index contributed by atoms with van der Waals surface area (Å²) < 4.78 is 0. The Balaban J connectivity index is 1.90. The van der Waals surface area contributed by atoms with E-state index in [9.17, 15) is 0 Å². The van der Waals surface area contributed by atoms with E-state index in [1.165, 1.54) is 31.4 Å². The average molecular weight is 261 g/mol. The lowest BCUT2D eigenvalue weighted by Gasteiger charge is -2.33. The SMILES string of the molecule is CCNc1cccc(CN(C)C2CCC(C)CC2)n1. The average Bonchev–Trinajstić information content (AvgIpc) is 2.40. The van der Waals surface area contributed by atoms with Gasteiger partial charge in [0.2, 0.25) is 0 Å². The van der Waals surface area contributed by atoms with E-state index >= 15 is 0 Å². The molecular weight excluding hydrogens is 234 g/mol. The molecule has 1 aromatic heterocycles. The molecule has 0 radical (unpaired) electrons. The Kier molecular flexibility index (Phi) is 5.20. The van der Waals surface area contributed by atoms with Crippen molar-refractivity contribution in [2.24, 2.45) is 5.92 Å². The van der Waals surface area contributed by atoms with Crippen LogP contribution in [0.15, 0.2) is 18.2 Å². The minimum Gasteiger partial charge on any atom is -0.370 e. The van der Waals surface area contributed by atoms with Crippen LogP contribution < -0.4 is 5.32 Å². The Hall–Kier alpha value is -1.09. The summed E-state index contributed by atoms with van der Waals surface area (Å²) in [7, 11) is 2.24. The molecule has 0 amide bonds. The van der Waals surface area contributed by atoms with E-state index in [0.717, 1.165) is 30.9 Å². The maximum Gasteiger partial charge on any atom is 0.126 e. The van der Waals surface area contributed by atoms with Gasteiger partial charge >= 0.3 is 0 Å². The van der Waals surface area contributed by atoms with Gasteiger partial charge in [-0.25, -0.2) is 4.98 Å². The van der Waals surface area contributed by atoms with Crippen molar-refractivity contribution in [3.05, 3.63) is 23.9 Å². The topological polar surface area (TPSA) is 28.2 Å². The van der Waals surface area contributed by atoms with Gasteiger partial charge in [0.05, 0.1) is 5.69 Å². The molecule has 0 spiro atoms. The van der Waals surface area contributed by atoms with Crippen molar-refractivity contribution < 1.29 is 0 Å². The van der Waals surface area contributed by atoms with Crippen LogP contribution in [0.1, 0.15) is 45.2 Å². The molecule has 0 bridgehead atoms. The predicted molar refractivity (Wildman–Crippen MR) is 81.3 cm³/mol. The molecule has 1 fully saturated rings. The monoisotopic (exact) mass is 261 g/mol. The van der Waals surface area contributed by atoms with Crippen LogP contribution in [-0.2, 0) is 6.54 Å². The summed E-state index contributed by atoms with van der Waals surface area (Å²) in [4.78, 5) is 7.14. The van der Waals surface area contributed by atoms with Crippen molar-refractivity contribution in [1.29, 1.82) is 0 Å². The molecule has 0 atom stereocenters. The van der Waals surface area contributed by atoms with E-state index in [2.05, 4.69) is 48.2 Å². The molecular formula is C16H27N3. The van der Waals surface area contributed by atoms with E-state index in [1.807, 2.05) is 6.07 Å². The number of pyridine rings is 1. The third-order valence-corrected chi connectivity index (χ3v) is 4.18. The normalized spacial score (nSPS) is 23.6. The van der Waals surface area contributed by atoms with Crippen molar-refractivity contribution in [2.75, 3.05) is 18.9 Å². The molecule has 1 aliphatic rings. The molecule has 3 nitrogen and oxygen atoms in total. The smallest absolute Gasteiger partial charge is 0.126 e. The molecule has 106 valence electrons. The van der Waals surface area contributed by atoms with Crippen LogP contribution in [0.5, 0.6) is 0 Å². The van der Waals surface area contributed by atoms with Crippen LogP contribution in [-0.4, -0.2) is 29.5 Å². The van der Waals surface area contributed by atoms with Gasteiger partial charge in [0, 0.05) is 19.1 Å². The fourth-order valence-electron chi connectivity index (χ4n) is 2.92. The Morgan fingerprint density at radius 2 is 2.00 bits per heavy atom. The number of hydrogen-bond donors (Lipinski definition) is 1. The van der Waals surface area contributed by atoms with E-state index in [4.69, 9.17) is 0 Å². The second-order valence-corrected chi connectivity index (χ2v) is 5.87. The number of aromatic nitrogens is 1. The summed E-state index contributed by atoms with van der Waals surface area (Å²) >= 11 is 0. The van der Waals surface area contributed by atoms with Crippen LogP contribution in [0, 0.1) is 5.92 Å². The fraction of sp³-hybridized carbons (Fsp3) is 0.688. The summed E-state index contributed by atoms with van der Waals surface area (Å²) in [6.07, 6.45) is 5.43. The highest BCUT2D eigenvalue weighted by atomic mass is 15.1. The molecule has 1 saturated carbocycles. The van der Waals surface area contributed by atoms with Gasteiger partial charge in [-0.3, -0.25) is 4.90 Å². The van der Waals surface area contributed by atoms with Gasteiger partial charge in [0.25, 0.3) is 0 Å². The van der Waals surface area contributed by atoms with Crippen LogP contribution in [0.2, 0.25) is 0 Å². The third kappa shape index (κ3) is 4.20. The molecule has 1 N–H and O–H groups in total. The van der Waals surface area contributed by atoms with Gasteiger partial charge in [0.1, 0.15) is 5.82 Å². The summed E-state index contributed by atoms with van der Waals surface area (Å²) in [5.74, 6) is 1.91. The number of anilines is 1. The van der Waals surface area contributed by atoms with Crippen LogP contribution in [0.3, 0.4) is 0 Å². The highest BCUT2D eigenvalue weighted by Crippen LogP contribution is 2.27. The zero-order valence-corrected chi connectivity index (χ0v) is 12.5. The molecule has 0 aromatic carbocycles. The molecule has 1 aromatic rings. The van der Waals surface area contributed by atoms with Gasteiger partial charge in [-0.2, -0.15) is 0 Å². The van der Waals surface area contributed by atoms with Crippen molar-refractivity contribution in [1.82, 2.24) is 9.88 Å². The van der Waals surface area contributed by atoms with Crippen LogP contribution in [0.4, 0.5) is 5.82 Å². The lowest BCUT2D eigenvalue weighted by Crippen LogP contribution is -2.34. The molecule has 0 saturated heterocycles. The molecule has 0 aliphatic heterocycles. The van der Waals surface area contributed by atoms with Crippen molar-refractivity contribution in [2.45, 2.75) is 52.1 Å². The highest BCUT2D eigenvalue weighted by Gasteiger charge is 2.21. The zero-order valence-electron chi connectivity index (χ0n) is 12.5. The summed E-state index contributed by atoms with van der Waals surface area (Å²) in [6, 6.07) is 7.00. The first-order chi connectivity index (χ1) is 9.19. The second-order valence-electron chi connectivity index (χ2n) is 5.87. The Bertz CT molecular complexity index is 383. The lowest BCUT2D eigenvalue weighted by atomic mass is 9.87. The van der Waals surface area contributed by atoms with Crippen molar-refractivity contribution >= 4 is 5.82 Å². The first-order valence-corrected chi connectivity index (χ1v) is 7.59. The van der Waals surface area contributed by atoms with Gasteiger partial charge in [0.15, 0.2) is 0 Å². The van der Waals surface area contributed by atoms with E-state index in [1.54, 1.807) is 0 Å². The van der Waals surface area contributed by atoms with Gasteiger partial charge in [-0.1, -0.05) is 13.0 Å². The molecule has 2 rings (SSSR count). The third-order valence-electron chi connectivity index (χ3n) is 4.18. The van der Waals surface area contributed by atoms with Crippen molar-refractivity contribution in [3.63, 3.8) is 0 Å². The number of rotatable bonds is 5. The zero-order chi connectivity index (χ0) is 13.7. The second kappa shape index (κ2) is 6.90. The molecule has 0 unspecified atom stereocenters. The maximum atomic E-state index is 4.66. The minimum absolute atomic E-state index is 0.737. The van der Waals surface area contributed by atoms with Crippen LogP contribution in [0.25, 0.3) is 0 Å². The molecule has 1 aliphatic carbocycles. The number of nitrogens with zero attached hydrogens (tertiary/aromatic N) is 2. The fourth-order valence-corrected chi connectivity index (χ4v) is 2.92. The van der Waals surface area contributed by atoms with E-state index in [0.29, 0.717) is 0 Å². The quantitative estimate of drug-likeness (QED) is 0.879. The number of hydrogen-bond acceptors (Lipinski definition) is 3. The van der Waals surface area contributed by atoms with Gasteiger partial charge in [-0.15, -0.1) is 0 Å². The van der Waals surface area contributed by atoms with Crippen molar-refractivity contribution in [3.8, 4) is 0 Å². The molecule has 1 heterocycles. The molecule has 3 heteroatoms. The minimum atomic E-state index is 0.737. The standard InChI is InChI=1S/C16H27N3/c1-4-17-16-7-5-6-14(18-16)12-19(3)15-10-8-13(2)9-11-15/h5-7,13,15H,4,8-12H2,1-3H3,(H,17,18).